The molecular formula is C10H16O4. The summed E-state index contributed by atoms with van der Waals surface area (Å²) in [5.41, 5.74) is 0. The maximum Gasteiger partial charge on any atom is 0.316 e. The fourth-order valence-corrected chi connectivity index (χ4v) is 1.48. The summed E-state index contributed by atoms with van der Waals surface area (Å²) in [6.07, 6.45) is 1.60. The summed E-state index contributed by atoms with van der Waals surface area (Å²) in [7, 11) is 2.79. The molecule has 0 aromatic heterocycles. The first-order chi connectivity index (χ1) is 6.61. The number of Topliss-reactive ketones (excluding diaryl/α,β-unsaturated/α-hetero) is 1. The van der Waals surface area contributed by atoms with Gasteiger partial charge in [-0.3, -0.25) is 9.59 Å². The fourth-order valence-electron chi connectivity index (χ4n) is 1.48. The number of ketones is 1. The minimum Gasteiger partial charge on any atom is -0.468 e. The van der Waals surface area contributed by atoms with Crippen molar-refractivity contribution in [2.45, 2.75) is 25.9 Å². The third-order valence-electron chi connectivity index (χ3n) is 2.57. The van der Waals surface area contributed by atoms with Gasteiger partial charge in [0.1, 0.15) is 12.0 Å². The highest BCUT2D eigenvalue weighted by Crippen LogP contribution is 2.35. The SMILES string of the molecule is COC(=O)C(C)C(=O)C(OC)C1CC1. The highest BCUT2D eigenvalue weighted by Gasteiger charge is 2.40. The number of rotatable bonds is 5. The Morgan fingerprint density at radius 2 is 1.86 bits per heavy atom. The molecule has 1 rings (SSSR count). The highest BCUT2D eigenvalue weighted by atomic mass is 16.5. The molecule has 0 radical (unpaired) electrons. The molecule has 1 saturated carbocycles. The van der Waals surface area contributed by atoms with E-state index in [2.05, 4.69) is 4.74 Å². The van der Waals surface area contributed by atoms with Crippen LogP contribution in [0.25, 0.3) is 0 Å². The molecule has 2 atom stereocenters. The van der Waals surface area contributed by atoms with Crippen molar-refractivity contribution >= 4 is 11.8 Å². The standard InChI is InChI=1S/C10H16O4/c1-6(10(12)14-3)8(11)9(13-2)7-4-5-7/h6-7,9H,4-5H2,1-3H3. The summed E-state index contributed by atoms with van der Waals surface area (Å²) in [6.45, 7) is 1.56. The van der Waals surface area contributed by atoms with Gasteiger partial charge < -0.3 is 9.47 Å². The molecule has 14 heavy (non-hydrogen) atoms. The molecule has 4 nitrogen and oxygen atoms in total. The Hall–Kier alpha value is -0.900. The zero-order valence-corrected chi connectivity index (χ0v) is 8.78. The van der Waals surface area contributed by atoms with Crippen LogP contribution in [0.1, 0.15) is 19.8 Å². The van der Waals surface area contributed by atoms with E-state index in [1.165, 1.54) is 14.2 Å². The van der Waals surface area contributed by atoms with Crippen molar-refractivity contribution in [2.75, 3.05) is 14.2 Å². The largest absolute Gasteiger partial charge is 0.468 e. The van der Waals surface area contributed by atoms with Gasteiger partial charge in [0.25, 0.3) is 0 Å². The Kier molecular flexibility index (Phi) is 3.63. The average molecular weight is 200 g/mol. The second kappa shape index (κ2) is 4.55. The minimum absolute atomic E-state index is 0.165. The summed E-state index contributed by atoms with van der Waals surface area (Å²) in [4.78, 5) is 22.8. The van der Waals surface area contributed by atoms with Crippen LogP contribution in [0.15, 0.2) is 0 Å². The first-order valence-corrected chi connectivity index (χ1v) is 4.76. The molecule has 0 saturated heterocycles. The van der Waals surface area contributed by atoms with Gasteiger partial charge in [-0.15, -0.1) is 0 Å². The van der Waals surface area contributed by atoms with E-state index in [0.29, 0.717) is 5.92 Å². The summed E-state index contributed by atoms with van der Waals surface area (Å²) < 4.78 is 9.61. The lowest BCUT2D eigenvalue weighted by Gasteiger charge is -2.16. The van der Waals surface area contributed by atoms with Crippen LogP contribution in [0.5, 0.6) is 0 Å². The number of hydrogen-bond donors (Lipinski definition) is 0. The first-order valence-electron chi connectivity index (χ1n) is 4.76. The van der Waals surface area contributed by atoms with Crippen LogP contribution >= 0.6 is 0 Å². The minimum atomic E-state index is -0.717. The van der Waals surface area contributed by atoms with E-state index < -0.39 is 18.0 Å². The van der Waals surface area contributed by atoms with Crippen LogP contribution in [0.3, 0.4) is 0 Å². The van der Waals surface area contributed by atoms with E-state index >= 15 is 0 Å². The van der Waals surface area contributed by atoms with Crippen molar-refractivity contribution in [1.29, 1.82) is 0 Å². The van der Waals surface area contributed by atoms with Crippen LogP contribution in [0.2, 0.25) is 0 Å². The zero-order chi connectivity index (χ0) is 10.7. The number of carbonyl (C=O) groups is 2. The van der Waals surface area contributed by atoms with Crippen LogP contribution in [0.4, 0.5) is 0 Å². The molecule has 80 valence electrons. The second-order valence-electron chi connectivity index (χ2n) is 3.64. The van der Waals surface area contributed by atoms with Crippen molar-refractivity contribution < 1.29 is 19.1 Å². The first kappa shape index (κ1) is 11.2. The van der Waals surface area contributed by atoms with Gasteiger partial charge in [-0.2, -0.15) is 0 Å². The molecule has 0 spiro atoms. The van der Waals surface area contributed by atoms with E-state index in [4.69, 9.17) is 4.74 Å². The number of hydrogen-bond acceptors (Lipinski definition) is 4. The fraction of sp³-hybridized carbons (Fsp3) is 0.800. The predicted octanol–water partition coefficient (Wildman–Crippen LogP) is 0.790. The Morgan fingerprint density at radius 3 is 2.21 bits per heavy atom. The third-order valence-corrected chi connectivity index (χ3v) is 2.57. The maximum atomic E-state index is 11.7. The Bertz CT molecular complexity index is 232. The van der Waals surface area contributed by atoms with Gasteiger partial charge in [0.05, 0.1) is 7.11 Å². The lowest BCUT2D eigenvalue weighted by atomic mass is 9.99. The highest BCUT2D eigenvalue weighted by molar-refractivity contribution is 6.01. The molecule has 4 heteroatoms. The van der Waals surface area contributed by atoms with Crippen molar-refractivity contribution in [3.05, 3.63) is 0 Å². The third kappa shape index (κ3) is 2.32. The van der Waals surface area contributed by atoms with Crippen molar-refractivity contribution in [1.82, 2.24) is 0 Å². The second-order valence-corrected chi connectivity index (χ2v) is 3.64. The monoisotopic (exact) mass is 200 g/mol. The van der Waals surface area contributed by atoms with Crippen molar-refractivity contribution in [3.8, 4) is 0 Å². The molecular weight excluding hydrogens is 184 g/mol. The Balaban J connectivity index is 2.57. The van der Waals surface area contributed by atoms with Gasteiger partial charge in [0.15, 0.2) is 5.78 Å². The van der Waals surface area contributed by atoms with Gasteiger partial charge in [0, 0.05) is 7.11 Å². The maximum absolute atomic E-state index is 11.7. The van der Waals surface area contributed by atoms with Crippen molar-refractivity contribution in [3.63, 3.8) is 0 Å². The number of carbonyl (C=O) groups excluding carboxylic acids is 2. The van der Waals surface area contributed by atoms with E-state index in [1.54, 1.807) is 6.92 Å². The molecule has 1 aliphatic rings. The van der Waals surface area contributed by atoms with Gasteiger partial charge in [-0.1, -0.05) is 0 Å². The van der Waals surface area contributed by atoms with Crippen molar-refractivity contribution in [2.24, 2.45) is 11.8 Å². The van der Waals surface area contributed by atoms with Crippen LogP contribution in [-0.2, 0) is 19.1 Å². The zero-order valence-electron chi connectivity index (χ0n) is 8.78. The summed E-state index contributed by atoms with van der Waals surface area (Å²) in [5, 5.41) is 0. The molecule has 0 amide bonds. The Labute approximate surface area is 83.6 Å². The van der Waals surface area contributed by atoms with Gasteiger partial charge in [-0.25, -0.2) is 0 Å². The van der Waals surface area contributed by atoms with E-state index in [0.717, 1.165) is 12.8 Å². The van der Waals surface area contributed by atoms with E-state index in [9.17, 15) is 9.59 Å². The van der Waals surface area contributed by atoms with Crippen LogP contribution < -0.4 is 0 Å². The van der Waals surface area contributed by atoms with E-state index in [1.807, 2.05) is 0 Å². The number of methoxy groups -OCH3 is 2. The molecule has 0 aromatic rings. The molecule has 2 unspecified atom stereocenters. The summed E-state index contributed by atoms with van der Waals surface area (Å²) >= 11 is 0. The summed E-state index contributed by atoms with van der Waals surface area (Å²) in [5.74, 6) is -1.07. The molecule has 0 aromatic carbocycles. The quantitative estimate of drug-likeness (QED) is 0.486. The lowest BCUT2D eigenvalue weighted by Crippen LogP contribution is -2.34. The van der Waals surface area contributed by atoms with Gasteiger partial charge in [0.2, 0.25) is 0 Å². The number of esters is 1. The lowest BCUT2D eigenvalue weighted by molar-refractivity contribution is -0.152. The van der Waals surface area contributed by atoms with Crippen LogP contribution in [0, 0.1) is 11.8 Å². The van der Waals surface area contributed by atoms with Gasteiger partial charge >= 0.3 is 5.97 Å². The molecule has 0 N–H and O–H groups in total. The molecule has 1 aliphatic carbocycles. The Morgan fingerprint density at radius 1 is 1.29 bits per heavy atom. The number of ether oxygens (including phenoxy) is 2. The summed E-state index contributed by atoms with van der Waals surface area (Å²) in [6, 6.07) is 0. The van der Waals surface area contributed by atoms with Gasteiger partial charge in [-0.05, 0) is 25.7 Å². The molecule has 1 fully saturated rings. The predicted molar refractivity (Wildman–Crippen MR) is 49.7 cm³/mol. The molecule has 0 bridgehead atoms. The topological polar surface area (TPSA) is 52.6 Å². The van der Waals surface area contributed by atoms with Crippen LogP contribution in [-0.4, -0.2) is 32.1 Å². The molecule has 0 heterocycles. The molecule has 0 aliphatic heterocycles. The average Bonchev–Trinajstić information content (AvgIpc) is 3.00. The smallest absolute Gasteiger partial charge is 0.316 e. The normalized spacial score (nSPS) is 19.9. The van der Waals surface area contributed by atoms with E-state index in [-0.39, 0.29) is 5.78 Å².